The van der Waals surface area contributed by atoms with Gasteiger partial charge >= 0.3 is 6.09 Å². The molecule has 3 heterocycles. The van der Waals surface area contributed by atoms with E-state index in [-0.39, 0.29) is 18.6 Å². The Labute approximate surface area is 337 Å². The van der Waals surface area contributed by atoms with Gasteiger partial charge in [-0.05, 0) is 88.3 Å². The van der Waals surface area contributed by atoms with Gasteiger partial charge in [0.25, 0.3) is 5.91 Å². The number of ether oxygens (including phenoxy) is 5. The molecule has 3 unspecified atom stereocenters. The van der Waals surface area contributed by atoms with Crippen molar-refractivity contribution in [3.8, 4) is 23.0 Å². The van der Waals surface area contributed by atoms with Gasteiger partial charge in [0.05, 0.1) is 56.5 Å². The fourth-order valence-electron chi connectivity index (χ4n) is 7.19. The third-order valence-electron chi connectivity index (χ3n) is 10.2. The van der Waals surface area contributed by atoms with Crippen molar-refractivity contribution in [2.75, 3.05) is 37.7 Å². The second-order valence-corrected chi connectivity index (χ2v) is 14.4. The lowest BCUT2D eigenvalue weighted by Crippen LogP contribution is -2.51. The minimum Gasteiger partial charge on any atom is -0.493 e. The Morgan fingerprint density at radius 1 is 0.914 bits per heavy atom. The molecular formula is C43H49N5O10. The summed E-state index contributed by atoms with van der Waals surface area (Å²) < 4.78 is 29.2. The maximum Gasteiger partial charge on any atom is 0.416 e. The molecular weight excluding hydrogens is 746 g/mol. The number of hydrogen-bond donors (Lipinski definition) is 2. The lowest BCUT2D eigenvalue weighted by molar-refractivity contribution is -0.118. The van der Waals surface area contributed by atoms with E-state index in [1.807, 2.05) is 20.0 Å². The van der Waals surface area contributed by atoms with Crippen LogP contribution in [0.25, 0.3) is 0 Å². The molecule has 3 aromatic carbocycles. The summed E-state index contributed by atoms with van der Waals surface area (Å²) in [5, 5.41) is 14.3. The number of carbonyl (C=O) groups is 4. The minimum absolute atomic E-state index is 0.103. The van der Waals surface area contributed by atoms with E-state index < -0.39 is 18.4 Å². The number of nitrogens with one attached hydrogen (secondary N) is 1. The Hall–Kier alpha value is -6.35. The topological polar surface area (TPSA) is 169 Å². The van der Waals surface area contributed by atoms with Gasteiger partial charge in [-0.3, -0.25) is 19.4 Å². The summed E-state index contributed by atoms with van der Waals surface area (Å²) in [6, 6.07) is 12.7. The Morgan fingerprint density at radius 2 is 1.59 bits per heavy atom. The van der Waals surface area contributed by atoms with Gasteiger partial charge in [0, 0.05) is 36.4 Å². The number of benzene rings is 3. The van der Waals surface area contributed by atoms with Gasteiger partial charge < -0.3 is 43.9 Å². The van der Waals surface area contributed by atoms with E-state index in [2.05, 4.69) is 10.3 Å². The van der Waals surface area contributed by atoms with E-state index >= 15 is 0 Å². The van der Waals surface area contributed by atoms with Gasteiger partial charge in [-0.15, -0.1) is 0 Å². The monoisotopic (exact) mass is 795 g/mol. The molecule has 0 radical (unpaired) electrons. The molecule has 15 nitrogen and oxygen atoms in total. The van der Waals surface area contributed by atoms with Crippen molar-refractivity contribution in [2.45, 2.75) is 77.8 Å². The summed E-state index contributed by atoms with van der Waals surface area (Å²) in [6.45, 7) is 6.21. The summed E-state index contributed by atoms with van der Waals surface area (Å²) in [5.74, 6) is 1.62. The number of aliphatic hydroxyl groups excluding tert-OH is 1. The van der Waals surface area contributed by atoms with Crippen molar-refractivity contribution >= 4 is 48.1 Å². The number of methoxy groups -OCH3 is 2. The zero-order chi connectivity index (χ0) is 41.3. The molecule has 3 aliphatic heterocycles. The third-order valence-corrected chi connectivity index (χ3v) is 10.2. The predicted molar refractivity (Wildman–Crippen MR) is 217 cm³/mol. The first-order valence-corrected chi connectivity index (χ1v) is 19.1. The number of aliphatic hydroxyl groups is 1. The summed E-state index contributed by atoms with van der Waals surface area (Å²) in [6.07, 6.45) is 7.41. The van der Waals surface area contributed by atoms with Gasteiger partial charge in [-0.2, -0.15) is 0 Å². The van der Waals surface area contributed by atoms with Crippen molar-refractivity contribution in [2.24, 2.45) is 4.99 Å². The highest BCUT2D eigenvalue weighted by atomic mass is 16.6. The van der Waals surface area contributed by atoms with Gasteiger partial charge in [0.15, 0.2) is 29.2 Å². The number of carbonyl (C=O) groups excluding carboxylic acids is 4. The first-order valence-electron chi connectivity index (χ1n) is 19.1. The SMILES string of the molecule is COc1cc2c(cc1OCCCCCOc1cc(N(C(=O)OCc3ccc(NC=O)cc3)C(O)C3CC(C)=CN3C=O)c(C)cc1OC)N=CC1CC(C)=CN1C2=O. The number of nitrogens with zero attached hydrogens (tertiary/aromatic N) is 4. The van der Waals surface area contributed by atoms with Crippen LogP contribution in [0.2, 0.25) is 0 Å². The molecule has 2 N–H and O–H groups in total. The van der Waals surface area contributed by atoms with Crippen molar-refractivity contribution in [3.63, 3.8) is 0 Å². The number of hydrogen-bond acceptors (Lipinski definition) is 11. The van der Waals surface area contributed by atoms with Crippen LogP contribution < -0.4 is 29.2 Å². The molecule has 3 aromatic rings. The zero-order valence-electron chi connectivity index (χ0n) is 33.3. The number of fused-ring (bicyclic) bond motifs is 2. The Morgan fingerprint density at radius 3 is 2.26 bits per heavy atom. The fourth-order valence-corrected chi connectivity index (χ4v) is 7.19. The number of anilines is 2. The maximum atomic E-state index is 13.9. The molecule has 4 amide bonds. The molecule has 15 heteroatoms. The Balaban J connectivity index is 1.10. The molecule has 0 saturated carbocycles. The van der Waals surface area contributed by atoms with E-state index in [0.717, 1.165) is 28.9 Å². The number of aryl methyl sites for hydroxylation is 1. The van der Waals surface area contributed by atoms with Crippen LogP contribution in [0.1, 0.15) is 67.4 Å². The minimum atomic E-state index is -1.48. The number of aliphatic imine (C=N–C) groups is 1. The highest BCUT2D eigenvalue weighted by molar-refractivity contribution is 6.04. The van der Waals surface area contributed by atoms with Gasteiger partial charge in [0.2, 0.25) is 12.8 Å². The molecule has 0 aromatic heterocycles. The normalized spacial score (nSPS) is 17.3. The second-order valence-electron chi connectivity index (χ2n) is 14.4. The largest absolute Gasteiger partial charge is 0.493 e. The van der Waals surface area contributed by atoms with Crippen molar-refractivity contribution < 1.29 is 48.0 Å². The highest BCUT2D eigenvalue weighted by Gasteiger charge is 2.38. The lowest BCUT2D eigenvalue weighted by Gasteiger charge is -2.35. The quantitative estimate of drug-likeness (QED) is 0.0809. The average Bonchev–Trinajstić information content (AvgIpc) is 3.77. The molecule has 3 atom stereocenters. The first-order chi connectivity index (χ1) is 28.0. The number of unbranched alkanes of at least 4 members (excludes halogenated alkanes) is 2. The lowest BCUT2D eigenvalue weighted by atomic mass is 10.1. The standard InChI is InChI=1S/C43H49N5O10/c1-27-15-32-21-44-34-19-39(38(55-5)18-33(34)41(51)47(32)23-27)56-13-7-6-8-14-57-40-20-35(29(3)17-37(40)54-4)48(42(52)36-16-28(2)22-46(36)26-50)43(53)58-24-30-9-11-31(12-10-30)45-25-49/h9-12,17-23,25-26,32,36,42,52H,6-8,13-16,24H2,1-5H3,(H,45,49). The van der Waals surface area contributed by atoms with E-state index in [4.69, 9.17) is 23.7 Å². The molecule has 58 heavy (non-hydrogen) atoms. The van der Waals surface area contributed by atoms with Crippen LogP contribution in [0, 0.1) is 6.92 Å². The smallest absolute Gasteiger partial charge is 0.416 e. The van der Waals surface area contributed by atoms with Crippen molar-refractivity contribution in [3.05, 3.63) is 88.8 Å². The van der Waals surface area contributed by atoms with Gasteiger partial charge in [0.1, 0.15) is 6.61 Å². The van der Waals surface area contributed by atoms with Crippen LogP contribution in [0.15, 0.2) is 77.1 Å². The molecule has 0 bridgehead atoms. The molecule has 3 aliphatic rings. The van der Waals surface area contributed by atoms with Crippen LogP contribution in [0.3, 0.4) is 0 Å². The van der Waals surface area contributed by atoms with Gasteiger partial charge in [-0.1, -0.05) is 23.3 Å². The van der Waals surface area contributed by atoms with Gasteiger partial charge in [-0.25, -0.2) is 9.69 Å². The van der Waals surface area contributed by atoms with E-state index in [9.17, 15) is 24.3 Å². The molecule has 0 saturated heterocycles. The fraction of sp³-hybridized carbons (Fsp3) is 0.372. The molecule has 0 fully saturated rings. The average molecular weight is 796 g/mol. The number of amides is 4. The van der Waals surface area contributed by atoms with Crippen LogP contribution >= 0.6 is 0 Å². The first kappa shape index (κ1) is 41.3. The second kappa shape index (κ2) is 18.7. The summed E-state index contributed by atoms with van der Waals surface area (Å²) >= 11 is 0. The van der Waals surface area contributed by atoms with E-state index in [1.165, 1.54) is 19.1 Å². The van der Waals surface area contributed by atoms with E-state index in [1.54, 1.807) is 72.8 Å². The van der Waals surface area contributed by atoms with Crippen LogP contribution in [-0.2, 0) is 20.9 Å². The zero-order valence-corrected chi connectivity index (χ0v) is 33.3. The summed E-state index contributed by atoms with van der Waals surface area (Å²) in [4.78, 5) is 58.7. The molecule has 0 spiro atoms. The molecule has 306 valence electrons. The highest BCUT2D eigenvalue weighted by Crippen LogP contribution is 2.40. The van der Waals surface area contributed by atoms with Crippen molar-refractivity contribution in [1.82, 2.24) is 9.80 Å². The van der Waals surface area contributed by atoms with Crippen LogP contribution in [0.4, 0.5) is 21.9 Å². The Bertz CT molecular complexity index is 2100. The maximum absolute atomic E-state index is 13.9. The van der Waals surface area contributed by atoms with Crippen molar-refractivity contribution in [1.29, 1.82) is 0 Å². The molecule has 0 aliphatic carbocycles. The van der Waals surface area contributed by atoms with E-state index in [0.29, 0.717) is 102 Å². The van der Waals surface area contributed by atoms with Crippen LogP contribution in [0.5, 0.6) is 23.0 Å². The third kappa shape index (κ3) is 9.26. The number of rotatable bonds is 18. The summed E-state index contributed by atoms with van der Waals surface area (Å²) in [7, 11) is 3.06. The van der Waals surface area contributed by atoms with Crippen LogP contribution in [-0.4, -0.2) is 91.7 Å². The Kier molecular flexibility index (Phi) is 13.3. The predicted octanol–water partition coefficient (Wildman–Crippen LogP) is 6.64. The summed E-state index contributed by atoms with van der Waals surface area (Å²) in [5.41, 5.74) is 5.14. The molecule has 6 rings (SSSR count).